The molecule has 2 rings (SSSR count). The number of benzene rings is 1. The Morgan fingerprint density at radius 2 is 2.12 bits per heavy atom. The average Bonchev–Trinajstić information content (AvgIpc) is 2.79. The third-order valence-electron chi connectivity index (χ3n) is 2.22. The predicted molar refractivity (Wildman–Crippen MR) is 60.1 cm³/mol. The van der Waals surface area contributed by atoms with E-state index in [9.17, 15) is 8.78 Å². The number of hydrogen-bond acceptors (Lipinski definition) is 3. The average molecular weight is 238 g/mol. The van der Waals surface area contributed by atoms with E-state index in [0.29, 0.717) is 11.5 Å². The zero-order valence-corrected chi connectivity index (χ0v) is 9.32. The Kier molecular flexibility index (Phi) is 3.32. The molecule has 17 heavy (non-hydrogen) atoms. The highest BCUT2D eigenvalue weighted by Crippen LogP contribution is 2.13. The second-order valence-electron chi connectivity index (χ2n) is 3.57. The van der Waals surface area contributed by atoms with Gasteiger partial charge in [-0.2, -0.15) is 0 Å². The highest BCUT2D eigenvalue weighted by molar-refractivity contribution is 5.37. The lowest BCUT2D eigenvalue weighted by Crippen LogP contribution is -1.99. The van der Waals surface area contributed by atoms with E-state index in [1.807, 2.05) is 6.92 Å². The molecule has 0 spiro atoms. The molecule has 0 radical (unpaired) electrons. The summed E-state index contributed by atoms with van der Waals surface area (Å²) in [6, 6.07) is 3.58. The molecule has 0 unspecified atom stereocenters. The van der Waals surface area contributed by atoms with Crippen molar-refractivity contribution < 1.29 is 8.78 Å². The highest BCUT2D eigenvalue weighted by Gasteiger charge is 2.06. The van der Waals surface area contributed by atoms with Crippen molar-refractivity contribution in [3.8, 4) is 5.69 Å². The standard InChI is InChI=1S/C11H12F2N4/c1-2-5-14-11-7-17(16-15-11)8-3-4-9(12)10(13)6-8/h3-4,6-7,14H,2,5H2,1H3. The van der Waals surface area contributed by atoms with Crippen molar-refractivity contribution in [2.75, 3.05) is 11.9 Å². The minimum Gasteiger partial charge on any atom is -0.367 e. The first kappa shape index (κ1) is 11.5. The molecule has 0 saturated heterocycles. The topological polar surface area (TPSA) is 42.7 Å². The number of nitrogens with one attached hydrogen (secondary N) is 1. The lowest BCUT2D eigenvalue weighted by molar-refractivity contribution is 0.507. The van der Waals surface area contributed by atoms with Gasteiger partial charge >= 0.3 is 0 Å². The molecule has 6 heteroatoms. The largest absolute Gasteiger partial charge is 0.367 e. The van der Waals surface area contributed by atoms with Crippen molar-refractivity contribution in [2.45, 2.75) is 13.3 Å². The number of hydrogen-bond donors (Lipinski definition) is 1. The number of rotatable bonds is 4. The fourth-order valence-corrected chi connectivity index (χ4v) is 1.35. The van der Waals surface area contributed by atoms with E-state index in [1.54, 1.807) is 6.20 Å². The van der Waals surface area contributed by atoms with Crippen LogP contribution in [-0.2, 0) is 0 Å². The molecule has 1 N–H and O–H groups in total. The zero-order valence-electron chi connectivity index (χ0n) is 9.32. The van der Waals surface area contributed by atoms with Crippen LogP contribution in [0.2, 0.25) is 0 Å². The molecule has 0 bridgehead atoms. The maximum absolute atomic E-state index is 13.0. The van der Waals surface area contributed by atoms with Gasteiger partial charge in [-0.25, -0.2) is 13.5 Å². The maximum Gasteiger partial charge on any atom is 0.169 e. The Bertz CT molecular complexity index is 510. The number of halogens is 2. The molecule has 0 saturated carbocycles. The van der Waals surface area contributed by atoms with Gasteiger partial charge in [0.2, 0.25) is 0 Å². The molecular weight excluding hydrogens is 226 g/mol. The van der Waals surface area contributed by atoms with Crippen LogP contribution < -0.4 is 5.32 Å². The van der Waals surface area contributed by atoms with Crippen LogP contribution in [0.3, 0.4) is 0 Å². The fourth-order valence-electron chi connectivity index (χ4n) is 1.35. The predicted octanol–water partition coefficient (Wildman–Crippen LogP) is 2.37. The van der Waals surface area contributed by atoms with Crippen LogP contribution in [-0.4, -0.2) is 21.5 Å². The lowest BCUT2D eigenvalue weighted by Gasteiger charge is -2.00. The molecule has 0 atom stereocenters. The summed E-state index contributed by atoms with van der Waals surface area (Å²) in [4.78, 5) is 0. The molecular formula is C11H12F2N4. The number of nitrogens with zero attached hydrogens (tertiary/aromatic N) is 3. The molecule has 1 heterocycles. The minimum atomic E-state index is -0.902. The Hall–Kier alpha value is -1.98. The van der Waals surface area contributed by atoms with Crippen molar-refractivity contribution in [1.29, 1.82) is 0 Å². The van der Waals surface area contributed by atoms with Gasteiger partial charge in [0, 0.05) is 12.6 Å². The maximum atomic E-state index is 13.0. The Labute approximate surface area is 97.3 Å². The Balaban J connectivity index is 2.21. The molecule has 0 aliphatic rings. The molecule has 0 aliphatic carbocycles. The normalized spacial score (nSPS) is 10.5. The van der Waals surface area contributed by atoms with Crippen LogP contribution in [0.1, 0.15) is 13.3 Å². The summed E-state index contributed by atoms with van der Waals surface area (Å²) in [5.41, 5.74) is 0.431. The fraction of sp³-hybridized carbons (Fsp3) is 0.273. The van der Waals surface area contributed by atoms with Crippen molar-refractivity contribution in [3.63, 3.8) is 0 Å². The van der Waals surface area contributed by atoms with Crippen molar-refractivity contribution in [2.24, 2.45) is 0 Å². The molecule has 0 amide bonds. The second-order valence-corrected chi connectivity index (χ2v) is 3.57. The van der Waals surface area contributed by atoms with Gasteiger partial charge in [0.25, 0.3) is 0 Å². The Morgan fingerprint density at radius 1 is 1.29 bits per heavy atom. The monoisotopic (exact) mass is 238 g/mol. The van der Waals surface area contributed by atoms with E-state index < -0.39 is 11.6 Å². The van der Waals surface area contributed by atoms with Crippen LogP contribution in [0.25, 0.3) is 5.69 Å². The van der Waals surface area contributed by atoms with Gasteiger partial charge in [-0.15, -0.1) is 5.10 Å². The number of anilines is 1. The molecule has 4 nitrogen and oxygen atoms in total. The first-order chi connectivity index (χ1) is 8.20. The third kappa shape index (κ3) is 2.58. The van der Waals surface area contributed by atoms with E-state index in [2.05, 4.69) is 15.6 Å². The quantitative estimate of drug-likeness (QED) is 0.889. The van der Waals surface area contributed by atoms with Gasteiger partial charge in [-0.1, -0.05) is 12.1 Å². The summed E-state index contributed by atoms with van der Waals surface area (Å²) in [5, 5.41) is 10.7. The van der Waals surface area contributed by atoms with Gasteiger partial charge < -0.3 is 5.32 Å². The van der Waals surface area contributed by atoms with Crippen LogP contribution >= 0.6 is 0 Å². The van der Waals surface area contributed by atoms with Crippen LogP contribution in [0.4, 0.5) is 14.6 Å². The summed E-state index contributed by atoms with van der Waals surface area (Å²) >= 11 is 0. The molecule has 1 aromatic carbocycles. The third-order valence-corrected chi connectivity index (χ3v) is 2.22. The van der Waals surface area contributed by atoms with Gasteiger partial charge in [0.1, 0.15) is 0 Å². The van der Waals surface area contributed by atoms with Crippen LogP contribution in [0.15, 0.2) is 24.4 Å². The van der Waals surface area contributed by atoms with Gasteiger partial charge in [-0.3, -0.25) is 0 Å². The zero-order chi connectivity index (χ0) is 12.3. The molecule has 90 valence electrons. The van der Waals surface area contributed by atoms with Crippen LogP contribution in [0, 0.1) is 11.6 Å². The summed E-state index contributed by atoms with van der Waals surface area (Å²) in [7, 11) is 0. The van der Waals surface area contributed by atoms with Crippen molar-refractivity contribution in [1.82, 2.24) is 15.0 Å². The van der Waals surface area contributed by atoms with Gasteiger partial charge in [-0.05, 0) is 18.6 Å². The van der Waals surface area contributed by atoms with Gasteiger partial charge in [0.05, 0.1) is 11.9 Å². The highest BCUT2D eigenvalue weighted by atomic mass is 19.2. The summed E-state index contributed by atoms with van der Waals surface area (Å²) in [5.74, 6) is -1.17. The van der Waals surface area contributed by atoms with E-state index in [0.717, 1.165) is 25.1 Å². The Morgan fingerprint density at radius 3 is 2.82 bits per heavy atom. The first-order valence-corrected chi connectivity index (χ1v) is 5.32. The number of aromatic nitrogens is 3. The smallest absolute Gasteiger partial charge is 0.169 e. The SMILES string of the molecule is CCCNc1cn(-c2ccc(F)c(F)c2)nn1. The van der Waals surface area contributed by atoms with E-state index in [1.165, 1.54) is 10.7 Å². The molecule has 0 aliphatic heterocycles. The van der Waals surface area contributed by atoms with E-state index in [-0.39, 0.29) is 0 Å². The summed E-state index contributed by atoms with van der Waals surface area (Å²) in [6.07, 6.45) is 2.60. The summed E-state index contributed by atoms with van der Waals surface area (Å²) < 4.78 is 27.2. The summed E-state index contributed by atoms with van der Waals surface area (Å²) in [6.45, 7) is 2.82. The molecule has 0 fully saturated rings. The second kappa shape index (κ2) is 4.90. The van der Waals surface area contributed by atoms with Gasteiger partial charge in [0.15, 0.2) is 17.5 Å². The van der Waals surface area contributed by atoms with Crippen molar-refractivity contribution >= 4 is 5.82 Å². The lowest BCUT2D eigenvalue weighted by atomic mass is 10.3. The van der Waals surface area contributed by atoms with Crippen LogP contribution in [0.5, 0.6) is 0 Å². The molecule has 2 aromatic rings. The first-order valence-electron chi connectivity index (χ1n) is 5.32. The van der Waals surface area contributed by atoms with E-state index in [4.69, 9.17) is 0 Å². The minimum absolute atomic E-state index is 0.431. The molecule has 1 aromatic heterocycles. The van der Waals surface area contributed by atoms with E-state index >= 15 is 0 Å². The van der Waals surface area contributed by atoms with Crippen molar-refractivity contribution in [3.05, 3.63) is 36.0 Å².